The molecule has 2 rings (SSSR count). The fourth-order valence-electron chi connectivity index (χ4n) is 1.34. The fourth-order valence-corrected chi connectivity index (χ4v) is 1.34. The number of pyridine rings is 1. The number of carbonyl (C=O) groups is 1. The van der Waals surface area contributed by atoms with Gasteiger partial charge in [-0.05, 0) is 30.3 Å². The van der Waals surface area contributed by atoms with Gasteiger partial charge in [-0.25, -0.2) is 14.2 Å². The molecule has 0 saturated carbocycles. The highest BCUT2D eigenvalue weighted by molar-refractivity contribution is 5.85. The van der Waals surface area contributed by atoms with Crippen LogP contribution in [0.1, 0.15) is 10.5 Å². The second kappa shape index (κ2) is 4.61. The van der Waals surface area contributed by atoms with Crippen LogP contribution in [-0.4, -0.2) is 16.1 Å². The van der Waals surface area contributed by atoms with Crippen LogP contribution in [0.4, 0.5) is 15.9 Å². The van der Waals surface area contributed by atoms with Gasteiger partial charge in [0.05, 0.1) is 0 Å². The maximum absolute atomic E-state index is 12.9. The lowest BCUT2D eigenvalue weighted by Gasteiger charge is -2.05. The van der Waals surface area contributed by atoms with Crippen molar-refractivity contribution < 1.29 is 14.3 Å². The first-order chi connectivity index (χ1) is 8.15. The Bertz CT molecular complexity index is 558. The standard InChI is InChI=1S/C12H9FN2O2/c13-8-3-1-4-9(7-8)14-11-6-2-5-10(15-11)12(16)17/h1-7H,(H,14,15)(H,16,17). The summed E-state index contributed by atoms with van der Waals surface area (Å²) < 4.78 is 12.9. The summed E-state index contributed by atoms with van der Waals surface area (Å²) in [5.41, 5.74) is 0.450. The number of nitrogens with zero attached hydrogens (tertiary/aromatic N) is 1. The Kier molecular flexibility index (Phi) is 3.00. The Morgan fingerprint density at radius 1 is 1.24 bits per heavy atom. The molecule has 0 radical (unpaired) electrons. The molecular weight excluding hydrogens is 223 g/mol. The summed E-state index contributed by atoms with van der Waals surface area (Å²) in [5.74, 6) is -1.12. The van der Waals surface area contributed by atoms with Gasteiger partial charge in [0.1, 0.15) is 11.6 Å². The van der Waals surface area contributed by atoms with Gasteiger partial charge < -0.3 is 10.4 Å². The summed E-state index contributed by atoms with van der Waals surface area (Å²) in [5, 5.41) is 11.6. The number of carboxylic acid groups (broad SMARTS) is 1. The van der Waals surface area contributed by atoms with E-state index in [1.54, 1.807) is 24.3 Å². The molecule has 1 heterocycles. The molecule has 2 N–H and O–H groups in total. The molecule has 0 amide bonds. The second-order valence-electron chi connectivity index (χ2n) is 3.35. The molecule has 5 heteroatoms. The van der Waals surface area contributed by atoms with Crippen molar-refractivity contribution in [2.45, 2.75) is 0 Å². The van der Waals surface area contributed by atoms with Gasteiger partial charge in [-0.1, -0.05) is 12.1 Å². The van der Waals surface area contributed by atoms with Gasteiger partial charge >= 0.3 is 5.97 Å². The average Bonchev–Trinajstić information content (AvgIpc) is 2.29. The lowest BCUT2D eigenvalue weighted by atomic mass is 10.3. The van der Waals surface area contributed by atoms with Crippen molar-refractivity contribution in [1.29, 1.82) is 0 Å². The molecule has 1 aromatic heterocycles. The SMILES string of the molecule is O=C(O)c1cccc(Nc2cccc(F)c2)n1. The summed E-state index contributed by atoms with van der Waals surface area (Å²) in [6.45, 7) is 0. The quantitative estimate of drug-likeness (QED) is 0.853. The molecule has 0 aliphatic rings. The van der Waals surface area contributed by atoms with E-state index in [9.17, 15) is 9.18 Å². The monoisotopic (exact) mass is 232 g/mol. The van der Waals surface area contributed by atoms with Crippen LogP contribution in [0.2, 0.25) is 0 Å². The van der Waals surface area contributed by atoms with Gasteiger partial charge in [-0.15, -0.1) is 0 Å². The minimum absolute atomic E-state index is 0.0635. The lowest BCUT2D eigenvalue weighted by molar-refractivity contribution is 0.0690. The maximum atomic E-state index is 12.9. The number of nitrogens with one attached hydrogen (secondary N) is 1. The average molecular weight is 232 g/mol. The zero-order valence-corrected chi connectivity index (χ0v) is 8.72. The Balaban J connectivity index is 2.24. The Morgan fingerprint density at radius 3 is 2.71 bits per heavy atom. The van der Waals surface area contributed by atoms with Gasteiger partial charge in [0, 0.05) is 5.69 Å². The van der Waals surface area contributed by atoms with Crippen LogP contribution in [0.25, 0.3) is 0 Å². The summed E-state index contributed by atoms with van der Waals surface area (Å²) in [6, 6.07) is 10.4. The zero-order chi connectivity index (χ0) is 12.3. The van der Waals surface area contributed by atoms with E-state index in [0.29, 0.717) is 11.5 Å². The number of halogens is 1. The number of rotatable bonds is 3. The highest BCUT2D eigenvalue weighted by Gasteiger charge is 2.05. The molecule has 0 saturated heterocycles. The summed E-state index contributed by atoms with van der Waals surface area (Å²) in [4.78, 5) is 14.6. The van der Waals surface area contributed by atoms with Crippen molar-refractivity contribution in [2.75, 3.05) is 5.32 Å². The van der Waals surface area contributed by atoms with Crippen molar-refractivity contribution in [3.63, 3.8) is 0 Å². The highest BCUT2D eigenvalue weighted by Crippen LogP contribution is 2.15. The number of aromatic nitrogens is 1. The molecule has 17 heavy (non-hydrogen) atoms. The van der Waals surface area contributed by atoms with Gasteiger partial charge in [0.2, 0.25) is 0 Å². The van der Waals surface area contributed by atoms with E-state index in [0.717, 1.165) is 0 Å². The predicted octanol–water partition coefficient (Wildman–Crippen LogP) is 2.66. The van der Waals surface area contributed by atoms with E-state index in [1.165, 1.54) is 18.2 Å². The molecule has 0 fully saturated rings. The van der Waals surface area contributed by atoms with Crippen LogP contribution in [0.5, 0.6) is 0 Å². The largest absolute Gasteiger partial charge is 0.477 e. The highest BCUT2D eigenvalue weighted by atomic mass is 19.1. The van der Waals surface area contributed by atoms with Gasteiger partial charge in [0.15, 0.2) is 5.69 Å². The van der Waals surface area contributed by atoms with Crippen LogP contribution in [0, 0.1) is 5.82 Å². The summed E-state index contributed by atoms with van der Waals surface area (Å²) in [7, 11) is 0. The van der Waals surface area contributed by atoms with Gasteiger partial charge in [0.25, 0.3) is 0 Å². The smallest absolute Gasteiger partial charge is 0.354 e. The Morgan fingerprint density at radius 2 is 2.00 bits per heavy atom. The lowest BCUT2D eigenvalue weighted by Crippen LogP contribution is -2.02. The van der Waals surface area contributed by atoms with Crippen molar-refractivity contribution in [1.82, 2.24) is 4.98 Å². The number of carboxylic acids is 1. The van der Waals surface area contributed by atoms with E-state index >= 15 is 0 Å². The molecule has 0 bridgehead atoms. The third kappa shape index (κ3) is 2.78. The van der Waals surface area contributed by atoms with E-state index in [4.69, 9.17) is 5.11 Å². The Hall–Kier alpha value is -2.43. The molecular formula is C12H9FN2O2. The van der Waals surface area contributed by atoms with Crippen LogP contribution >= 0.6 is 0 Å². The normalized spacial score (nSPS) is 9.94. The van der Waals surface area contributed by atoms with Gasteiger partial charge in [-0.3, -0.25) is 0 Å². The summed E-state index contributed by atoms with van der Waals surface area (Å²) >= 11 is 0. The van der Waals surface area contributed by atoms with E-state index < -0.39 is 5.97 Å². The fraction of sp³-hybridized carbons (Fsp3) is 0. The molecule has 2 aromatic rings. The first kappa shape index (κ1) is 11.1. The molecule has 0 spiro atoms. The van der Waals surface area contributed by atoms with E-state index in [-0.39, 0.29) is 11.5 Å². The molecule has 0 atom stereocenters. The van der Waals surface area contributed by atoms with Crippen LogP contribution in [0.15, 0.2) is 42.5 Å². The van der Waals surface area contributed by atoms with E-state index in [1.807, 2.05) is 0 Å². The Labute approximate surface area is 96.7 Å². The molecule has 86 valence electrons. The number of benzene rings is 1. The second-order valence-corrected chi connectivity index (χ2v) is 3.35. The first-order valence-electron chi connectivity index (χ1n) is 4.88. The zero-order valence-electron chi connectivity index (χ0n) is 8.72. The molecule has 0 unspecified atom stereocenters. The van der Waals surface area contributed by atoms with Crippen molar-refractivity contribution in [3.05, 3.63) is 54.0 Å². The third-order valence-electron chi connectivity index (χ3n) is 2.07. The maximum Gasteiger partial charge on any atom is 0.354 e. The molecule has 1 aromatic carbocycles. The molecule has 0 aliphatic heterocycles. The number of hydrogen-bond acceptors (Lipinski definition) is 3. The summed E-state index contributed by atoms with van der Waals surface area (Å²) in [6.07, 6.45) is 0. The van der Waals surface area contributed by atoms with Crippen LogP contribution in [0.3, 0.4) is 0 Å². The van der Waals surface area contributed by atoms with Crippen molar-refractivity contribution in [3.8, 4) is 0 Å². The topological polar surface area (TPSA) is 62.2 Å². The van der Waals surface area contributed by atoms with Crippen LogP contribution in [-0.2, 0) is 0 Å². The molecule has 0 aliphatic carbocycles. The number of anilines is 2. The number of hydrogen-bond donors (Lipinski definition) is 2. The minimum Gasteiger partial charge on any atom is -0.477 e. The minimum atomic E-state index is -1.10. The predicted molar refractivity (Wildman–Crippen MR) is 60.9 cm³/mol. The van der Waals surface area contributed by atoms with Crippen molar-refractivity contribution in [2.24, 2.45) is 0 Å². The molecule has 4 nitrogen and oxygen atoms in total. The third-order valence-corrected chi connectivity index (χ3v) is 2.07. The van der Waals surface area contributed by atoms with Crippen molar-refractivity contribution >= 4 is 17.5 Å². The van der Waals surface area contributed by atoms with Gasteiger partial charge in [-0.2, -0.15) is 0 Å². The van der Waals surface area contributed by atoms with Crippen LogP contribution < -0.4 is 5.32 Å². The van der Waals surface area contributed by atoms with E-state index in [2.05, 4.69) is 10.3 Å². The number of aromatic carboxylic acids is 1. The first-order valence-corrected chi connectivity index (χ1v) is 4.88.